The van der Waals surface area contributed by atoms with Crippen LogP contribution in [0.1, 0.15) is 42.4 Å². The Morgan fingerprint density at radius 2 is 1.96 bits per heavy atom. The Morgan fingerprint density at radius 3 is 2.76 bits per heavy atom. The van der Waals surface area contributed by atoms with E-state index >= 15 is 0 Å². The van der Waals surface area contributed by atoms with Gasteiger partial charge in [0, 0.05) is 19.1 Å². The quantitative estimate of drug-likeness (QED) is 0.889. The zero-order valence-corrected chi connectivity index (χ0v) is 15.0. The summed E-state index contributed by atoms with van der Waals surface area (Å²) < 4.78 is 0. The maximum atomic E-state index is 12.7. The summed E-state index contributed by atoms with van der Waals surface area (Å²) in [5.41, 5.74) is 3.97. The molecule has 0 spiro atoms. The number of likely N-dealkylation sites (tertiary alicyclic amines) is 1. The molecule has 0 aromatic heterocycles. The van der Waals surface area contributed by atoms with E-state index in [9.17, 15) is 9.59 Å². The van der Waals surface area contributed by atoms with Gasteiger partial charge in [-0.05, 0) is 62.3 Å². The minimum Gasteiger partial charge on any atom is -0.480 e. The number of benzene rings is 1. The third kappa shape index (κ3) is 4.60. The lowest BCUT2D eigenvalue weighted by Crippen LogP contribution is -2.37. The molecule has 1 aliphatic carbocycles. The van der Waals surface area contributed by atoms with Crippen LogP contribution >= 0.6 is 0 Å². The van der Waals surface area contributed by atoms with Crippen molar-refractivity contribution >= 4 is 11.9 Å². The lowest BCUT2D eigenvalue weighted by molar-refractivity contribution is -0.138. The van der Waals surface area contributed by atoms with Crippen molar-refractivity contribution in [2.75, 3.05) is 26.7 Å². The van der Waals surface area contributed by atoms with Crippen LogP contribution in [0.15, 0.2) is 18.2 Å². The molecule has 1 unspecified atom stereocenters. The molecule has 1 fully saturated rings. The van der Waals surface area contributed by atoms with Gasteiger partial charge in [-0.2, -0.15) is 0 Å². The van der Waals surface area contributed by atoms with E-state index < -0.39 is 5.97 Å². The summed E-state index contributed by atoms with van der Waals surface area (Å²) in [6, 6.07) is 6.74. The highest BCUT2D eigenvalue weighted by Gasteiger charge is 2.24. The van der Waals surface area contributed by atoms with E-state index in [0.29, 0.717) is 6.42 Å². The number of carboxylic acids is 1. The first-order chi connectivity index (χ1) is 12.0. The molecule has 136 valence electrons. The Morgan fingerprint density at radius 1 is 1.16 bits per heavy atom. The molecule has 3 rings (SSSR count). The molecule has 1 saturated heterocycles. The molecule has 1 aromatic rings. The number of aryl methyl sites for hydroxylation is 2. The predicted molar refractivity (Wildman–Crippen MR) is 96.7 cm³/mol. The van der Waals surface area contributed by atoms with E-state index in [-0.39, 0.29) is 18.5 Å². The summed E-state index contributed by atoms with van der Waals surface area (Å²) in [5, 5.41) is 8.95. The minimum absolute atomic E-state index is 0.0632. The number of carbonyl (C=O) groups is 2. The highest BCUT2D eigenvalue weighted by atomic mass is 16.4. The number of amides is 1. The average molecular weight is 344 g/mol. The fourth-order valence-corrected chi connectivity index (χ4v) is 4.13. The third-order valence-electron chi connectivity index (χ3n) is 5.58. The van der Waals surface area contributed by atoms with Gasteiger partial charge in [0.15, 0.2) is 0 Å². The molecule has 0 bridgehead atoms. The van der Waals surface area contributed by atoms with Crippen molar-refractivity contribution in [2.45, 2.75) is 51.0 Å². The lowest BCUT2D eigenvalue weighted by atomic mass is 10.0. The van der Waals surface area contributed by atoms with Crippen LogP contribution in [0.3, 0.4) is 0 Å². The van der Waals surface area contributed by atoms with E-state index in [1.54, 1.807) is 0 Å². The summed E-state index contributed by atoms with van der Waals surface area (Å²) in [5.74, 6) is -0.601. The Hall–Kier alpha value is -1.88. The van der Waals surface area contributed by atoms with Gasteiger partial charge in [-0.15, -0.1) is 0 Å². The molecule has 5 heteroatoms. The summed E-state index contributed by atoms with van der Waals surface area (Å²) in [7, 11) is 1.86. The van der Waals surface area contributed by atoms with Crippen molar-refractivity contribution in [3.63, 3.8) is 0 Å². The van der Waals surface area contributed by atoms with Crippen LogP contribution in [0.4, 0.5) is 0 Å². The normalized spacial score (nSPS) is 20.4. The molecule has 1 atom stereocenters. The second kappa shape index (κ2) is 8.00. The van der Waals surface area contributed by atoms with Gasteiger partial charge in [0.1, 0.15) is 0 Å². The molecule has 0 radical (unpaired) electrons. The minimum atomic E-state index is -0.795. The van der Waals surface area contributed by atoms with Gasteiger partial charge in [-0.25, -0.2) is 0 Å². The van der Waals surface area contributed by atoms with Crippen LogP contribution in [-0.2, 0) is 28.9 Å². The van der Waals surface area contributed by atoms with E-state index in [2.05, 4.69) is 18.2 Å². The number of hydrogen-bond donors (Lipinski definition) is 1. The zero-order chi connectivity index (χ0) is 17.8. The molecule has 1 aromatic carbocycles. The number of nitrogens with zero attached hydrogens (tertiary/aromatic N) is 2. The van der Waals surface area contributed by atoms with Crippen molar-refractivity contribution in [2.24, 2.45) is 0 Å². The molecular formula is C20H28N2O3. The Balaban J connectivity index is 1.55. The number of fused-ring (bicyclic) bond motifs is 1. The molecule has 1 amide bonds. The Labute approximate surface area is 149 Å². The lowest BCUT2D eigenvalue weighted by Gasteiger charge is -2.25. The number of carbonyl (C=O) groups excluding carboxylic acids is 1. The van der Waals surface area contributed by atoms with E-state index in [4.69, 9.17) is 5.11 Å². The van der Waals surface area contributed by atoms with Crippen molar-refractivity contribution in [3.8, 4) is 0 Å². The fraction of sp³-hybridized carbons (Fsp3) is 0.600. The first kappa shape index (κ1) is 17.9. The van der Waals surface area contributed by atoms with Gasteiger partial charge in [-0.3, -0.25) is 14.5 Å². The molecule has 5 nitrogen and oxygen atoms in total. The maximum Gasteiger partial charge on any atom is 0.317 e. The first-order valence-corrected chi connectivity index (χ1v) is 9.33. The van der Waals surface area contributed by atoms with E-state index in [0.717, 1.165) is 44.3 Å². The molecule has 1 aliphatic heterocycles. The van der Waals surface area contributed by atoms with Crippen LogP contribution in [0.5, 0.6) is 0 Å². The SMILES string of the molecule is CN(CC(=O)O)C1CCCN(C(=O)Cc2ccc3c(c2)CCC3)CC1. The maximum absolute atomic E-state index is 12.7. The van der Waals surface area contributed by atoms with Crippen molar-refractivity contribution in [3.05, 3.63) is 34.9 Å². The smallest absolute Gasteiger partial charge is 0.317 e. The first-order valence-electron chi connectivity index (χ1n) is 9.33. The molecular weight excluding hydrogens is 316 g/mol. The average Bonchev–Trinajstić information content (AvgIpc) is 2.88. The zero-order valence-electron chi connectivity index (χ0n) is 15.0. The molecule has 1 N–H and O–H groups in total. The summed E-state index contributed by atoms with van der Waals surface area (Å²) >= 11 is 0. The van der Waals surface area contributed by atoms with Gasteiger partial charge >= 0.3 is 5.97 Å². The Bertz CT molecular complexity index is 644. The number of likely N-dealkylation sites (N-methyl/N-ethyl adjacent to an activating group) is 1. The van der Waals surface area contributed by atoms with Gasteiger partial charge in [0.2, 0.25) is 5.91 Å². The number of rotatable bonds is 5. The molecule has 0 saturated carbocycles. The van der Waals surface area contributed by atoms with E-state index in [1.807, 2.05) is 16.8 Å². The summed E-state index contributed by atoms with van der Waals surface area (Å²) in [6.07, 6.45) is 6.74. The van der Waals surface area contributed by atoms with Crippen molar-refractivity contribution in [1.82, 2.24) is 9.80 Å². The van der Waals surface area contributed by atoms with Gasteiger partial charge in [0.25, 0.3) is 0 Å². The monoisotopic (exact) mass is 344 g/mol. The fourth-order valence-electron chi connectivity index (χ4n) is 4.13. The summed E-state index contributed by atoms with van der Waals surface area (Å²) in [6.45, 7) is 1.56. The molecule has 1 heterocycles. The van der Waals surface area contributed by atoms with Gasteiger partial charge in [-0.1, -0.05) is 18.2 Å². The van der Waals surface area contributed by atoms with Crippen LogP contribution in [0.25, 0.3) is 0 Å². The third-order valence-corrected chi connectivity index (χ3v) is 5.58. The van der Waals surface area contributed by atoms with Gasteiger partial charge < -0.3 is 10.0 Å². The highest BCUT2D eigenvalue weighted by molar-refractivity contribution is 5.79. The van der Waals surface area contributed by atoms with Crippen LogP contribution in [0, 0.1) is 0 Å². The van der Waals surface area contributed by atoms with E-state index in [1.165, 1.54) is 24.0 Å². The highest BCUT2D eigenvalue weighted by Crippen LogP contribution is 2.23. The molecule has 25 heavy (non-hydrogen) atoms. The number of carboxylic acid groups (broad SMARTS) is 1. The second-order valence-electron chi connectivity index (χ2n) is 7.41. The van der Waals surface area contributed by atoms with Crippen molar-refractivity contribution < 1.29 is 14.7 Å². The largest absolute Gasteiger partial charge is 0.480 e. The topological polar surface area (TPSA) is 60.9 Å². The van der Waals surface area contributed by atoms with Crippen LogP contribution in [-0.4, -0.2) is 59.5 Å². The second-order valence-corrected chi connectivity index (χ2v) is 7.41. The number of hydrogen-bond acceptors (Lipinski definition) is 3. The van der Waals surface area contributed by atoms with Crippen molar-refractivity contribution in [1.29, 1.82) is 0 Å². The predicted octanol–water partition coefficient (Wildman–Crippen LogP) is 2.12. The van der Waals surface area contributed by atoms with Crippen LogP contribution in [0.2, 0.25) is 0 Å². The number of aliphatic carboxylic acids is 1. The van der Waals surface area contributed by atoms with Crippen LogP contribution < -0.4 is 0 Å². The molecule has 2 aliphatic rings. The van der Waals surface area contributed by atoms with Gasteiger partial charge in [0.05, 0.1) is 13.0 Å². The standard InChI is InChI=1S/C20H28N2O3/c1-21(14-20(24)25)18-6-3-10-22(11-9-18)19(23)13-15-7-8-16-4-2-5-17(16)12-15/h7-8,12,18H,2-6,9-11,13-14H2,1H3,(H,24,25). The summed E-state index contributed by atoms with van der Waals surface area (Å²) in [4.78, 5) is 27.4. The Kier molecular flexibility index (Phi) is 5.74.